The minimum atomic E-state index is -0.507. The summed E-state index contributed by atoms with van der Waals surface area (Å²) < 4.78 is 0. The van der Waals surface area contributed by atoms with Gasteiger partial charge in [0, 0.05) is 16.9 Å². The lowest BCUT2D eigenvalue weighted by Gasteiger charge is -2.18. The summed E-state index contributed by atoms with van der Waals surface area (Å²) in [5.74, 6) is 0. The largest absolute Gasteiger partial charge is 0.281 e. The monoisotopic (exact) mass is 189 g/mol. The molecule has 0 saturated heterocycles. The maximum absolute atomic E-state index is 10.8. The van der Waals surface area contributed by atoms with E-state index < -0.39 is 5.41 Å². The summed E-state index contributed by atoms with van der Waals surface area (Å²) in [6, 6.07) is 0. The number of halogens is 1. The molecule has 12 heavy (non-hydrogen) atoms. The predicted molar refractivity (Wildman–Crippen MR) is 47.9 cm³/mol. The van der Waals surface area contributed by atoms with Gasteiger partial charge >= 0.3 is 0 Å². The van der Waals surface area contributed by atoms with Gasteiger partial charge in [0.1, 0.15) is 0 Å². The van der Waals surface area contributed by atoms with Crippen molar-refractivity contribution < 1.29 is 4.79 Å². The lowest BCUT2D eigenvalue weighted by atomic mass is 9.89. The van der Waals surface area contributed by atoms with E-state index in [1.807, 2.05) is 0 Å². The molecule has 0 fully saturated rings. The molecule has 0 heterocycles. The van der Waals surface area contributed by atoms with E-state index in [-0.39, 0.29) is 5.24 Å². The van der Waals surface area contributed by atoms with Crippen molar-refractivity contribution in [2.24, 2.45) is 10.5 Å². The van der Waals surface area contributed by atoms with E-state index in [1.54, 1.807) is 13.8 Å². The van der Waals surface area contributed by atoms with Gasteiger partial charge in [-0.05, 0) is 30.0 Å². The van der Waals surface area contributed by atoms with E-state index in [1.165, 1.54) is 0 Å². The Balaban J connectivity index is 3.76. The van der Waals surface area contributed by atoms with Gasteiger partial charge in [0.05, 0.1) is 0 Å². The van der Waals surface area contributed by atoms with Crippen LogP contribution in [0.4, 0.5) is 0 Å². The first kappa shape index (κ1) is 11.3. The second kappa shape index (κ2) is 5.01. The minimum Gasteiger partial charge on any atom is -0.281 e. The van der Waals surface area contributed by atoms with Crippen LogP contribution in [0.25, 0.3) is 10.4 Å². The average Bonchev–Trinajstić information content (AvgIpc) is 1.98. The van der Waals surface area contributed by atoms with Crippen LogP contribution in [0.2, 0.25) is 0 Å². The van der Waals surface area contributed by atoms with Crippen molar-refractivity contribution >= 4 is 16.8 Å². The zero-order chi connectivity index (χ0) is 9.61. The summed E-state index contributed by atoms with van der Waals surface area (Å²) in [7, 11) is 0. The first-order valence-electron chi connectivity index (χ1n) is 3.71. The zero-order valence-electron chi connectivity index (χ0n) is 7.25. The number of hydrogen-bond acceptors (Lipinski definition) is 2. The van der Waals surface area contributed by atoms with Crippen LogP contribution in [0.1, 0.15) is 26.7 Å². The van der Waals surface area contributed by atoms with E-state index in [4.69, 9.17) is 17.1 Å². The highest BCUT2D eigenvalue weighted by molar-refractivity contribution is 6.64. The van der Waals surface area contributed by atoms with Crippen molar-refractivity contribution in [2.75, 3.05) is 6.54 Å². The molecule has 4 nitrogen and oxygen atoms in total. The van der Waals surface area contributed by atoms with E-state index in [0.717, 1.165) is 0 Å². The van der Waals surface area contributed by atoms with Crippen LogP contribution < -0.4 is 0 Å². The molecule has 0 saturated carbocycles. The Labute approximate surface area is 76.5 Å². The normalized spacial score (nSPS) is 10.6. The molecule has 0 aromatic carbocycles. The Hall–Kier alpha value is -0.730. The molecule has 0 aliphatic rings. The molecule has 0 unspecified atom stereocenters. The highest BCUT2D eigenvalue weighted by Gasteiger charge is 2.24. The van der Waals surface area contributed by atoms with Crippen LogP contribution in [0.5, 0.6) is 0 Å². The first-order valence-corrected chi connectivity index (χ1v) is 4.09. The molecule has 0 radical (unpaired) electrons. The van der Waals surface area contributed by atoms with Gasteiger partial charge in [0.15, 0.2) is 0 Å². The second-order valence-corrected chi connectivity index (χ2v) is 3.56. The lowest BCUT2D eigenvalue weighted by Crippen LogP contribution is -2.19. The van der Waals surface area contributed by atoms with Gasteiger partial charge in [-0.15, -0.1) is 0 Å². The summed E-state index contributed by atoms with van der Waals surface area (Å²) in [5.41, 5.74) is 7.46. The third kappa shape index (κ3) is 4.21. The van der Waals surface area contributed by atoms with Crippen molar-refractivity contribution in [2.45, 2.75) is 26.7 Å². The van der Waals surface area contributed by atoms with Crippen molar-refractivity contribution in [1.29, 1.82) is 0 Å². The first-order chi connectivity index (χ1) is 5.50. The van der Waals surface area contributed by atoms with Gasteiger partial charge in [-0.25, -0.2) is 0 Å². The maximum Gasteiger partial charge on any atom is 0.227 e. The number of carbonyl (C=O) groups is 1. The fraction of sp³-hybridized carbons (Fsp3) is 0.857. The molecule has 68 valence electrons. The number of hydrogen-bond donors (Lipinski definition) is 0. The van der Waals surface area contributed by atoms with E-state index in [0.29, 0.717) is 19.4 Å². The molecule has 0 spiro atoms. The van der Waals surface area contributed by atoms with E-state index in [9.17, 15) is 4.79 Å². The smallest absolute Gasteiger partial charge is 0.227 e. The van der Waals surface area contributed by atoms with Crippen molar-refractivity contribution in [1.82, 2.24) is 0 Å². The minimum absolute atomic E-state index is 0.344. The summed E-state index contributed by atoms with van der Waals surface area (Å²) in [5, 5.41) is 3.02. The Morgan fingerprint density at radius 1 is 1.67 bits per heavy atom. The molecular formula is C7H12ClN3O. The Morgan fingerprint density at radius 3 is 2.67 bits per heavy atom. The molecule has 5 heteroatoms. The lowest BCUT2D eigenvalue weighted by molar-refractivity contribution is -0.119. The molecule has 0 N–H and O–H groups in total. The number of azide groups is 1. The Morgan fingerprint density at radius 2 is 2.25 bits per heavy atom. The molecule has 0 atom stereocenters. The molecule has 0 rings (SSSR count). The van der Waals surface area contributed by atoms with Gasteiger partial charge in [0.25, 0.3) is 0 Å². The SMILES string of the molecule is CC(C)(CCCN=[N+]=[N-])C(=O)Cl. The van der Waals surface area contributed by atoms with Gasteiger partial charge in [-0.2, -0.15) is 0 Å². The van der Waals surface area contributed by atoms with Crippen molar-refractivity contribution in [3.8, 4) is 0 Å². The highest BCUT2D eigenvalue weighted by Crippen LogP contribution is 2.25. The summed E-state index contributed by atoms with van der Waals surface area (Å²) in [4.78, 5) is 13.4. The summed E-state index contributed by atoms with van der Waals surface area (Å²) in [6.45, 7) is 3.97. The standard InChI is InChI=1S/C7H12ClN3O/c1-7(2,6(8)12)4-3-5-10-11-9/h3-5H2,1-2H3. The van der Waals surface area contributed by atoms with Crippen molar-refractivity contribution in [3.05, 3.63) is 10.4 Å². The molecule has 0 aliphatic heterocycles. The summed E-state index contributed by atoms with van der Waals surface area (Å²) in [6.07, 6.45) is 1.34. The summed E-state index contributed by atoms with van der Waals surface area (Å²) >= 11 is 5.34. The third-order valence-corrected chi connectivity index (χ3v) is 2.17. The van der Waals surface area contributed by atoms with Gasteiger partial charge in [-0.3, -0.25) is 4.79 Å². The quantitative estimate of drug-likeness (QED) is 0.216. The number of nitrogens with zero attached hydrogens (tertiary/aromatic N) is 3. The van der Waals surface area contributed by atoms with Crippen molar-refractivity contribution in [3.63, 3.8) is 0 Å². The van der Waals surface area contributed by atoms with Crippen LogP contribution >= 0.6 is 11.6 Å². The van der Waals surface area contributed by atoms with Gasteiger partial charge in [-0.1, -0.05) is 19.0 Å². The fourth-order valence-electron chi connectivity index (χ4n) is 0.735. The highest BCUT2D eigenvalue weighted by atomic mass is 35.5. The van der Waals surface area contributed by atoms with E-state index in [2.05, 4.69) is 10.0 Å². The fourth-order valence-corrected chi connectivity index (χ4v) is 0.829. The van der Waals surface area contributed by atoms with Gasteiger partial charge < -0.3 is 0 Å². The molecule has 0 bridgehead atoms. The molecule has 0 amide bonds. The average molecular weight is 190 g/mol. The molecule has 0 aromatic rings. The second-order valence-electron chi connectivity index (χ2n) is 3.22. The van der Waals surface area contributed by atoms with E-state index >= 15 is 0 Å². The Bertz CT molecular complexity index is 209. The van der Waals surface area contributed by atoms with Crippen LogP contribution in [0.15, 0.2) is 5.11 Å². The molecule has 0 aliphatic carbocycles. The maximum atomic E-state index is 10.8. The molecular weight excluding hydrogens is 178 g/mol. The number of rotatable bonds is 5. The topological polar surface area (TPSA) is 65.8 Å². The predicted octanol–water partition coefficient (Wildman–Crippen LogP) is 2.87. The van der Waals surface area contributed by atoms with Gasteiger partial charge in [0.2, 0.25) is 5.24 Å². The third-order valence-electron chi connectivity index (χ3n) is 1.66. The zero-order valence-corrected chi connectivity index (χ0v) is 8.01. The number of carbonyl (C=O) groups excluding carboxylic acids is 1. The van der Waals surface area contributed by atoms with Crippen LogP contribution in [0.3, 0.4) is 0 Å². The molecule has 0 aromatic heterocycles. The van der Waals surface area contributed by atoms with Crippen LogP contribution in [-0.2, 0) is 4.79 Å². The van der Waals surface area contributed by atoms with Crippen LogP contribution in [0, 0.1) is 5.41 Å². The Kier molecular flexibility index (Phi) is 4.71. The van der Waals surface area contributed by atoms with Crippen LogP contribution in [-0.4, -0.2) is 11.8 Å².